The molecule has 1 aliphatic rings. The molecule has 17 heteroatoms. The molecule has 0 bridgehead atoms. The Bertz CT molecular complexity index is 1340. The van der Waals surface area contributed by atoms with Crippen LogP contribution in [0.25, 0.3) is 10.4 Å². The molecule has 228 valence electrons. The SMILES string of the molecule is Cc1cn([C@H]2C=C(N=[N+]=[N-])[C@@H](COP(=O)(N[C@@H](C)C(=O)OC(C)(C)C)N[C@@H](C)C(=O)OC(C)(C)C)O2)c(=O)[nH]c1=O. The summed E-state index contributed by atoms with van der Waals surface area (Å²) in [6.07, 6.45) is 0.401. The number of aryl methyl sites for hydroxylation is 1. The molecule has 1 aromatic heterocycles. The van der Waals surface area contributed by atoms with Gasteiger partial charge in [-0.25, -0.2) is 15.0 Å². The number of H-pyrrole nitrogens is 1. The zero-order valence-corrected chi connectivity index (χ0v) is 25.5. The maximum atomic E-state index is 13.9. The summed E-state index contributed by atoms with van der Waals surface area (Å²) < 4.78 is 37.2. The monoisotopic (exact) mass is 599 g/mol. The normalized spacial score (nSPS) is 19.1. The van der Waals surface area contributed by atoms with Crippen LogP contribution in [-0.2, 0) is 32.9 Å². The van der Waals surface area contributed by atoms with Gasteiger partial charge in [-0.3, -0.25) is 28.5 Å². The number of hydrogen-bond donors (Lipinski definition) is 3. The second-order valence-electron chi connectivity index (χ2n) is 11.4. The van der Waals surface area contributed by atoms with E-state index in [0.717, 1.165) is 4.57 Å². The average molecular weight is 600 g/mol. The van der Waals surface area contributed by atoms with E-state index in [1.54, 1.807) is 41.5 Å². The van der Waals surface area contributed by atoms with Gasteiger partial charge in [0, 0.05) is 22.4 Å². The van der Waals surface area contributed by atoms with E-state index >= 15 is 0 Å². The van der Waals surface area contributed by atoms with Crippen molar-refractivity contribution >= 4 is 19.6 Å². The van der Waals surface area contributed by atoms with Gasteiger partial charge < -0.3 is 18.7 Å². The van der Waals surface area contributed by atoms with E-state index in [4.69, 9.17) is 24.3 Å². The summed E-state index contributed by atoms with van der Waals surface area (Å²) in [5.41, 5.74) is 6.29. The van der Waals surface area contributed by atoms with Gasteiger partial charge in [0.15, 0.2) is 6.23 Å². The molecule has 0 spiro atoms. The Balaban J connectivity index is 2.31. The quantitative estimate of drug-likeness (QED) is 0.110. The molecule has 41 heavy (non-hydrogen) atoms. The summed E-state index contributed by atoms with van der Waals surface area (Å²) in [6, 6.07) is -2.30. The van der Waals surface area contributed by atoms with E-state index in [9.17, 15) is 23.7 Å². The predicted molar refractivity (Wildman–Crippen MR) is 148 cm³/mol. The van der Waals surface area contributed by atoms with Crippen LogP contribution in [0.5, 0.6) is 0 Å². The molecule has 0 aliphatic carbocycles. The van der Waals surface area contributed by atoms with Crippen LogP contribution < -0.4 is 21.4 Å². The fraction of sp³-hybridized carbons (Fsp3) is 0.667. The fourth-order valence-electron chi connectivity index (χ4n) is 3.41. The lowest BCUT2D eigenvalue weighted by Crippen LogP contribution is -2.45. The molecule has 0 unspecified atom stereocenters. The van der Waals surface area contributed by atoms with Crippen LogP contribution >= 0.6 is 7.67 Å². The van der Waals surface area contributed by atoms with Crippen LogP contribution in [0, 0.1) is 6.92 Å². The lowest BCUT2D eigenvalue weighted by Gasteiger charge is -2.29. The first-order chi connectivity index (χ1) is 18.7. The predicted octanol–water partition coefficient (Wildman–Crippen LogP) is 2.70. The van der Waals surface area contributed by atoms with Crippen molar-refractivity contribution < 1.29 is 32.9 Å². The van der Waals surface area contributed by atoms with Crippen LogP contribution in [0.3, 0.4) is 0 Å². The topological polar surface area (TPSA) is 216 Å². The lowest BCUT2D eigenvalue weighted by molar-refractivity contribution is -0.157. The number of aromatic nitrogens is 2. The second kappa shape index (κ2) is 13.1. The number of esters is 2. The molecule has 1 aliphatic heterocycles. The Labute approximate surface area is 237 Å². The number of nitrogens with zero attached hydrogens (tertiary/aromatic N) is 4. The van der Waals surface area contributed by atoms with Crippen LogP contribution in [-0.4, -0.2) is 57.5 Å². The van der Waals surface area contributed by atoms with Crippen molar-refractivity contribution in [2.75, 3.05) is 6.61 Å². The molecule has 0 saturated heterocycles. The van der Waals surface area contributed by atoms with Gasteiger partial charge in [0.05, 0.1) is 6.61 Å². The van der Waals surface area contributed by atoms with Gasteiger partial charge in [0.1, 0.15) is 29.4 Å². The number of azide groups is 1. The third-order valence-electron chi connectivity index (χ3n) is 5.18. The second-order valence-corrected chi connectivity index (χ2v) is 13.3. The Kier molecular flexibility index (Phi) is 10.9. The Morgan fingerprint density at radius 1 is 1.12 bits per heavy atom. The maximum absolute atomic E-state index is 13.9. The molecular weight excluding hydrogens is 561 g/mol. The Morgan fingerprint density at radius 3 is 2.10 bits per heavy atom. The highest BCUT2D eigenvalue weighted by atomic mass is 31.2. The Morgan fingerprint density at radius 2 is 1.63 bits per heavy atom. The van der Waals surface area contributed by atoms with Gasteiger partial charge in [-0.05, 0) is 73.9 Å². The summed E-state index contributed by atoms with van der Waals surface area (Å²) in [4.78, 5) is 54.2. The van der Waals surface area contributed by atoms with E-state index in [-0.39, 0.29) is 11.3 Å². The first-order valence-corrected chi connectivity index (χ1v) is 14.4. The average Bonchev–Trinajstić information content (AvgIpc) is 3.20. The van der Waals surface area contributed by atoms with Crippen molar-refractivity contribution in [2.24, 2.45) is 5.11 Å². The minimum Gasteiger partial charge on any atom is -0.459 e. The highest BCUT2D eigenvalue weighted by Crippen LogP contribution is 2.41. The highest BCUT2D eigenvalue weighted by Gasteiger charge is 2.37. The number of ether oxygens (including phenoxy) is 3. The largest absolute Gasteiger partial charge is 0.459 e. The van der Waals surface area contributed by atoms with Crippen molar-refractivity contribution in [3.63, 3.8) is 0 Å². The number of hydrogen-bond acceptors (Lipinski definition) is 10. The molecule has 3 N–H and O–H groups in total. The van der Waals surface area contributed by atoms with Gasteiger partial charge in [0.2, 0.25) is 0 Å². The van der Waals surface area contributed by atoms with Gasteiger partial charge in [-0.15, -0.1) is 0 Å². The molecular formula is C24H38N7O9P. The van der Waals surface area contributed by atoms with Gasteiger partial charge in [-0.2, -0.15) is 0 Å². The summed E-state index contributed by atoms with van der Waals surface area (Å²) in [7, 11) is -4.24. The third-order valence-corrected chi connectivity index (χ3v) is 7.15. The van der Waals surface area contributed by atoms with Crippen LogP contribution in [0.15, 0.2) is 32.7 Å². The summed E-state index contributed by atoms with van der Waals surface area (Å²) >= 11 is 0. The van der Waals surface area contributed by atoms with E-state index in [2.05, 4.69) is 25.2 Å². The molecule has 0 amide bonds. The van der Waals surface area contributed by atoms with Crippen molar-refractivity contribution in [3.8, 4) is 0 Å². The van der Waals surface area contributed by atoms with E-state index in [1.807, 2.05) is 0 Å². The smallest absolute Gasteiger partial charge is 0.342 e. The zero-order valence-electron chi connectivity index (χ0n) is 24.6. The van der Waals surface area contributed by atoms with Crippen molar-refractivity contribution in [1.82, 2.24) is 19.7 Å². The molecule has 1 aromatic rings. The van der Waals surface area contributed by atoms with Crippen molar-refractivity contribution in [3.05, 3.63) is 54.8 Å². The first-order valence-electron chi connectivity index (χ1n) is 12.7. The van der Waals surface area contributed by atoms with Crippen LogP contribution in [0.4, 0.5) is 0 Å². The zero-order chi connectivity index (χ0) is 31.3. The van der Waals surface area contributed by atoms with Crippen LogP contribution in [0.1, 0.15) is 67.2 Å². The molecule has 4 atom stereocenters. The minimum absolute atomic E-state index is 0.0141. The summed E-state index contributed by atoms with van der Waals surface area (Å²) in [5, 5.41) is 8.72. The number of carbonyl (C=O) groups is 2. The Hall–Kier alpha value is -3.26. The number of aromatic amines is 1. The van der Waals surface area contributed by atoms with Gasteiger partial charge in [0.25, 0.3) is 5.56 Å². The molecule has 0 fully saturated rings. The minimum atomic E-state index is -4.24. The van der Waals surface area contributed by atoms with Crippen molar-refractivity contribution in [2.45, 2.75) is 97.9 Å². The van der Waals surface area contributed by atoms with E-state index in [1.165, 1.54) is 33.0 Å². The van der Waals surface area contributed by atoms with Crippen molar-refractivity contribution in [1.29, 1.82) is 0 Å². The molecule has 0 aromatic carbocycles. The first kappa shape index (κ1) is 33.9. The van der Waals surface area contributed by atoms with Crippen LogP contribution in [0.2, 0.25) is 0 Å². The van der Waals surface area contributed by atoms with E-state index in [0.29, 0.717) is 0 Å². The lowest BCUT2D eigenvalue weighted by atomic mass is 10.2. The standard InChI is InChI=1S/C24H38N7O9P/c1-13-11-31(22(35)26-19(13)32)18-10-16(27-30-25)17(38-18)12-37-41(36,28-14(2)20(33)39-23(4,5)6)29-15(3)21(34)40-24(7,8)9/h10-11,14-15,17-18H,12H2,1-9H3,(H,26,32,35)(H2,28,29,36)/t14-,15-,17+,18+/m0/s1. The molecule has 0 saturated carbocycles. The molecule has 0 radical (unpaired) electrons. The summed E-state index contributed by atoms with van der Waals surface area (Å²) in [6.45, 7) is 13.8. The highest BCUT2D eigenvalue weighted by molar-refractivity contribution is 7.54. The summed E-state index contributed by atoms with van der Waals surface area (Å²) in [5.74, 6) is -1.46. The molecule has 2 rings (SSSR count). The maximum Gasteiger partial charge on any atom is 0.342 e. The molecule has 2 heterocycles. The molecule has 16 nitrogen and oxygen atoms in total. The fourth-order valence-corrected chi connectivity index (χ4v) is 5.21. The number of rotatable bonds is 11. The number of nitrogens with one attached hydrogen (secondary N) is 3. The van der Waals surface area contributed by atoms with Gasteiger partial charge in [-0.1, -0.05) is 5.11 Å². The third kappa shape index (κ3) is 10.3. The van der Waals surface area contributed by atoms with Gasteiger partial charge >= 0.3 is 25.3 Å². The number of carbonyl (C=O) groups excluding carboxylic acids is 2. The van der Waals surface area contributed by atoms with E-state index < -0.39 is 73.1 Å².